The maximum atomic E-state index is 11.0. The predicted octanol–water partition coefficient (Wildman–Crippen LogP) is 1.72. The van der Waals surface area contributed by atoms with Crippen LogP contribution in [-0.4, -0.2) is 49.5 Å². The third kappa shape index (κ3) is 3.86. The first kappa shape index (κ1) is 19.8. The average molecular weight is 399 g/mol. The summed E-state index contributed by atoms with van der Waals surface area (Å²) in [5, 5.41) is 21.3. The van der Waals surface area contributed by atoms with E-state index in [1.165, 1.54) is 28.4 Å². The molecule has 0 saturated heterocycles. The standard InChI is InChI=1S/C19H20N4O6/c1-26-15-6-5-11(7-13(15)21-19(24)25)14-10-20-22-23(14)12-8-16(27-2)18(29-4)17(9-12)28-3/h5-10,21H,1-4H3,(H,24,25)/p-1. The van der Waals surface area contributed by atoms with Crippen LogP contribution in [0, 0.1) is 0 Å². The molecule has 152 valence electrons. The molecule has 3 rings (SSSR count). The molecule has 1 N–H and O–H groups in total. The van der Waals surface area contributed by atoms with Crippen LogP contribution in [0.25, 0.3) is 16.9 Å². The van der Waals surface area contributed by atoms with Gasteiger partial charge in [-0.2, -0.15) is 0 Å². The molecule has 0 fully saturated rings. The van der Waals surface area contributed by atoms with Crippen molar-refractivity contribution in [2.45, 2.75) is 0 Å². The minimum absolute atomic E-state index is 0.239. The second-order valence-corrected chi connectivity index (χ2v) is 5.74. The Bertz CT molecular complexity index is 1010. The quantitative estimate of drug-likeness (QED) is 0.638. The normalized spacial score (nSPS) is 10.3. The van der Waals surface area contributed by atoms with Crippen molar-refractivity contribution < 1.29 is 28.8 Å². The Labute approximate surface area is 166 Å². The van der Waals surface area contributed by atoms with Crippen LogP contribution in [0.4, 0.5) is 10.5 Å². The van der Waals surface area contributed by atoms with Gasteiger partial charge in [0.05, 0.1) is 51.7 Å². The zero-order valence-corrected chi connectivity index (χ0v) is 16.3. The number of carbonyl (C=O) groups is 1. The smallest absolute Gasteiger partial charge is 0.203 e. The zero-order valence-electron chi connectivity index (χ0n) is 16.3. The van der Waals surface area contributed by atoms with E-state index in [0.29, 0.717) is 39.9 Å². The van der Waals surface area contributed by atoms with Gasteiger partial charge in [-0.25, -0.2) is 4.68 Å². The number of carboxylic acid groups (broad SMARTS) is 1. The van der Waals surface area contributed by atoms with Gasteiger partial charge in [-0.3, -0.25) is 0 Å². The Hall–Kier alpha value is -3.95. The molecule has 3 aromatic rings. The van der Waals surface area contributed by atoms with Crippen LogP contribution in [0.15, 0.2) is 36.5 Å². The fraction of sp³-hybridized carbons (Fsp3) is 0.211. The van der Waals surface area contributed by atoms with Crippen LogP contribution in [0.3, 0.4) is 0 Å². The summed E-state index contributed by atoms with van der Waals surface area (Å²) in [6.45, 7) is 0. The molecule has 0 radical (unpaired) electrons. The van der Waals surface area contributed by atoms with E-state index in [2.05, 4.69) is 15.6 Å². The molecule has 2 aromatic carbocycles. The van der Waals surface area contributed by atoms with E-state index in [0.717, 1.165) is 0 Å². The topological polar surface area (TPSA) is 120 Å². The zero-order chi connectivity index (χ0) is 21.0. The first-order chi connectivity index (χ1) is 14.0. The second-order valence-electron chi connectivity index (χ2n) is 5.74. The Morgan fingerprint density at radius 1 is 0.966 bits per heavy atom. The number of nitrogens with one attached hydrogen (secondary N) is 1. The van der Waals surface area contributed by atoms with Crippen LogP contribution in [-0.2, 0) is 0 Å². The van der Waals surface area contributed by atoms with Gasteiger partial charge < -0.3 is 34.2 Å². The molecule has 0 atom stereocenters. The minimum atomic E-state index is -1.45. The van der Waals surface area contributed by atoms with Crippen molar-refractivity contribution in [2.75, 3.05) is 33.8 Å². The SMILES string of the molecule is COc1ccc(-c2cnnn2-c2cc(OC)c(OC)c(OC)c2)cc1NC(=O)[O-]. The van der Waals surface area contributed by atoms with Crippen LogP contribution in [0.2, 0.25) is 0 Å². The highest BCUT2D eigenvalue weighted by Crippen LogP contribution is 2.40. The van der Waals surface area contributed by atoms with Crippen LogP contribution in [0.1, 0.15) is 0 Å². The predicted molar refractivity (Wildman–Crippen MR) is 102 cm³/mol. The van der Waals surface area contributed by atoms with Crippen LogP contribution >= 0.6 is 0 Å². The van der Waals surface area contributed by atoms with Crippen molar-refractivity contribution in [3.63, 3.8) is 0 Å². The van der Waals surface area contributed by atoms with Gasteiger partial charge >= 0.3 is 0 Å². The fourth-order valence-corrected chi connectivity index (χ4v) is 2.89. The van der Waals surface area contributed by atoms with Gasteiger partial charge in [0, 0.05) is 17.7 Å². The van der Waals surface area contributed by atoms with E-state index in [1.807, 2.05) is 0 Å². The number of nitrogens with zero attached hydrogens (tertiary/aromatic N) is 3. The average Bonchev–Trinajstić information content (AvgIpc) is 3.22. The molecule has 29 heavy (non-hydrogen) atoms. The molecule has 1 aromatic heterocycles. The number of rotatable bonds is 7. The van der Waals surface area contributed by atoms with Gasteiger partial charge in [0.25, 0.3) is 0 Å². The summed E-state index contributed by atoms with van der Waals surface area (Å²) >= 11 is 0. The van der Waals surface area contributed by atoms with E-state index in [-0.39, 0.29) is 5.69 Å². The molecule has 1 amide bonds. The highest BCUT2D eigenvalue weighted by atomic mass is 16.5. The Balaban J connectivity index is 2.12. The van der Waals surface area contributed by atoms with Crippen molar-refractivity contribution in [2.24, 2.45) is 0 Å². The molecule has 10 heteroatoms. The molecule has 0 aliphatic carbocycles. The largest absolute Gasteiger partial charge is 0.530 e. The number of methoxy groups -OCH3 is 4. The van der Waals surface area contributed by atoms with Gasteiger partial charge in [0.1, 0.15) is 11.8 Å². The number of hydrogen-bond acceptors (Lipinski definition) is 8. The number of aromatic nitrogens is 3. The Morgan fingerprint density at radius 3 is 2.17 bits per heavy atom. The number of anilines is 1. The van der Waals surface area contributed by atoms with E-state index in [9.17, 15) is 9.90 Å². The molecular formula is C19H19N4O6-. The van der Waals surface area contributed by atoms with Gasteiger partial charge in [0.15, 0.2) is 11.5 Å². The van der Waals surface area contributed by atoms with E-state index in [4.69, 9.17) is 18.9 Å². The molecule has 0 unspecified atom stereocenters. The molecule has 0 aliphatic heterocycles. The third-order valence-electron chi connectivity index (χ3n) is 4.18. The van der Waals surface area contributed by atoms with Crippen molar-refractivity contribution in [3.05, 3.63) is 36.5 Å². The Morgan fingerprint density at radius 2 is 1.62 bits per heavy atom. The highest BCUT2D eigenvalue weighted by molar-refractivity contribution is 5.85. The lowest BCUT2D eigenvalue weighted by molar-refractivity contribution is -0.242. The van der Waals surface area contributed by atoms with Gasteiger partial charge in [-0.05, 0) is 18.2 Å². The summed E-state index contributed by atoms with van der Waals surface area (Å²) in [7, 11) is 6.00. The molecule has 0 aliphatic rings. The molecule has 0 saturated carbocycles. The highest BCUT2D eigenvalue weighted by Gasteiger charge is 2.18. The monoisotopic (exact) mass is 399 g/mol. The lowest BCUT2D eigenvalue weighted by Gasteiger charge is -2.16. The van der Waals surface area contributed by atoms with E-state index >= 15 is 0 Å². The van der Waals surface area contributed by atoms with Gasteiger partial charge in [-0.15, -0.1) is 5.10 Å². The van der Waals surface area contributed by atoms with E-state index in [1.54, 1.807) is 41.2 Å². The van der Waals surface area contributed by atoms with E-state index < -0.39 is 6.09 Å². The Kier molecular flexibility index (Phi) is 5.72. The van der Waals surface area contributed by atoms with Crippen molar-refractivity contribution >= 4 is 11.8 Å². The summed E-state index contributed by atoms with van der Waals surface area (Å²) in [5.74, 6) is 1.71. The second kappa shape index (κ2) is 8.38. The maximum absolute atomic E-state index is 11.0. The first-order valence-corrected chi connectivity index (χ1v) is 8.39. The molecule has 0 spiro atoms. The molecular weight excluding hydrogens is 380 g/mol. The summed E-state index contributed by atoms with van der Waals surface area (Å²) < 4.78 is 22.9. The number of benzene rings is 2. The number of amides is 1. The van der Waals surface area contributed by atoms with Crippen LogP contribution < -0.4 is 29.4 Å². The number of carbonyl (C=O) groups excluding carboxylic acids is 1. The van der Waals surface area contributed by atoms with Crippen molar-refractivity contribution in [1.29, 1.82) is 0 Å². The number of ether oxygens (including phenoxy) is 4. The summed E-state index contributed by atoms with van der Waals surface area (Å²) in [6, 6.07) is 8.44. The van der Waals surface area contributed by atoms with Crippen molar-refractivity contribution in [3.8, 4) is 39.9 Å². The number of hydrogen-bond donors (Lipinski definition) is 1. The molecule has 1 heterocycles. The van der Waals surface area contributed by atoms with Gasteiger partial charge in [-0.1, -0.05) is 5.21 Å². The third-order valence-corrected chi connectivity index (χ3v) is 4.18. The molecule has 0 bridgehead atoms. The van der Waals surface area contributed by atoms with Crippen LogP contribution in [0.5, 0.6) is 23.0 Å². The summed E-state index contributed by atoms with van der Waals surface area (Å²) in [4.78, 5) is 11.0. The van der Waals surface area contributed by atoms with Gasteiger partial charge in [0.2, 0.25) is 5.75 Å². The summed E-state index contributed by atoms with van der Waals surface area (Å²) in [6.07, 6.45) is 0.102. The lowest BCUT2D eigenvalue weighted by atomic mass is 10.1. The van der Waals surface area contributed by atoms with Crippen molar-refractivity contribution in [1.82, 2.24) is 15.0 Å². The molecule has 10 nitrogen and oxygen atoms in total. The fourth-order valence-electron chi connectivity index (χ4n) is 2.89. The minimum Gasteiger partial charge on any atom is -0.530 e. The summed E-state index contributed by atoms with van der Waals surface area (Å²) in [5.41, 5.74) is 2.09. The first-order valence-electron chi connectivity index (χ1n) is 8.39. The lowest BCUT2D eigenvalue weighted by Crippen LogP contribution is -2.28. The maximum Gasteiger partial charge on any atom is 0.203 e.